The largest absolute Gasteiger partial charge is 0.416 e. The maximum Gasteiger partial charge on any atom is 0.416 e. The summed E-state index contributed by atoms with van der Waals surface area (Å²) in [6.07, 6.45) is 2.18. The summed E-state index contributed by atoms with van der Waals surface area (Å²) < 4.78 is 90.0. The fourth-order valence-corrected chi connectivity index (χ4v) is 4.81. The Kier molecular flexibility index (Phi) is 13.7. The van der Waals surface area contributed by atoms with Crippen molar-refractivity contribution in [1.29, 1.82) is 0 Å². The number of benzene rings is 1. The molecule has 0 aliphatic rings. The predicted molar refractivity (Wildman–Crippen MR) is 127 cm³/mol. The Morgan fingerprint density at radius 2 is 1.11 bits per heavy atom. The molecule has 0 bridgehead atoms. The van der Waals surface area contributed by atoms with E-state index in [0.29, 0.717) is 19.3 Å². The van der Waals surface area contributed by atoms with Gasteiger partial charge in [-0.2, -0.15) is 26.3 Å². The van der Waals surface area contributed by atoms with E-state index in [9.17, 15) is 26.3 Å². The number of hydrogen-bond acceptors (Lipinski definition) is 2. The van der Waals surface area contributed by atoms with Crippen LogP contribution >= 0.6 is 0 Å². The second kappa shape index (κ2) is 15.1. The van der Waals surface area contributed by atoms with E-state index in [1.54, 1.807) is 14.2 Å². The topological polar surface area (TPSA) is 18.5 Å². The van der Waals surface area contributed by atoms with Gasteiger partial charge in [0.2, 0.25) is 0 Å². The number of unbranched alkanes of at least 4 members (excludes halogenated alkanes) is 7. The highest BCUT2D eigenvalue weighted by Gasteiger charge is 2.38. The molecule has 35 heavy (non-hydrogen) atoms. The first-order valence-corrected chi connectivity index (χ1v) is 12.8. The van der Waals surface area contributed by atoms with Crippen LogP contribution in [0.5, 0.6) is 0 Å². The molecule has 0 saturated carbocycles. The molecule has 0 aliphatic carbocycles. The monoisotopic (exact) mass is 512 g/mol. The smallest absolute Gasteiger partial charge is 0.353 e. The number of rotatable bonds is 17. The maximum absolute atomic E-state index is 13.1. The van der Waals surface area contributed by atoms with Gasteiger partial charge in [-0.3, -0.25) is 0 Å². The Bertz CT molecular complexity index is 670. The van der Waals surface area contributed by atoms with Crippen LogP contribution in [0.1, 0.15) is 108 Å². The van der Waals surface area contributed by atoms with Crippen molar-refractivity contribution in [2.45, 2.75) is 115 Å². The van der Waals surface area contributed by atoms with Gasteiger partial charge in [-0.05, 0) is 55.9 Å². The molecule has 0 amide bonds. The Hall–Kier alpha value is -1.28. The molecule has 1 rings (SSSR count). The molecule has 8 heteroatoms. The summed E-state index contributed by atoms with van der Waals surface area (Å²) in [5, 5.41) is 0. The minimum atomic E-state index is -4.82. The summed E-state index contributed by atoms with van der Waals surface area (Å²) in [6.45, 7) is 4.21. The third-order valence-corrected chi connectivity index (χ3v) is 6.88. The molecule has 0 aromatic heterocycles. The molecular weight excluding hydrogens is 470 g/mol. The first kappa shape index (κ1) is 31.7. The van der Waals surface area contributed by atoms with E-state index in [1.807, 2.05) is 6.92 Å². The van der Waals surface area contributed by atoms with Crippen molar-refractivity contribution in [3.63, 3.8) is 0 Å². The molecule has 0 heterocycles. The van der Waals surface area contributed by atoms with E-state index in [4.69, 9.17) is 9.47 Å². The van der Waals surface area contributed by atoms with Gasteiger partial charge in [0.15, 0.2) is 5.79 Å². The lowest BCUT2D eigenvalue weighted by Gasteiger charge is -2.38. The highest BCUT2D eigenvalue weighted by molar-refractivity contribution is 5.33. The van der Waals surface area contributed by atoms with Gasteiger partial charge in [0, 0.05) is 20.1 Å². The summed E-state index contributed by atoms with van der Waals surface area (Å²) in [5.74, 6) is -0.495. The summed E-state index contributed by atoms with van der Waals surface area (Å²) in [4.78, 5) is 0. The zero-order valence-corrected chi connectivity index (χ0v) is 21.6. The van der Waals surface area contributed by atoms with Crippen LogP contribution in [0.4, 0.5) is 26.3 Å². The summed E-state index contributed by atoms with van der Waals surface area (Å²) in [5.41, 5.74) is -2.45. The molecule has 1 atom stereocenters. The zero-order valence-electron chi connectivity index (χ0n) is 21.6. The van der Waals surface area contributed by atoms with Crippen molar-refractivity contribution in [2.75, 3.05) is 14.2 Å². The molecular formula is C27H42F6O2. The number of hydrogen-bond donors (Lipinski definition) is 0. The molecule has 0 aliphatic heterocycles. The van der Waals surface area contributed by atoms with Crippen LogP contribution in [0.3, 0.4) is 0 Å². The second-order valence-corrected chi connectivity index (χ2v) is 9.34. The van der Waals surface area contributed by atoms with Crippen LogP contribution in [0.15, 0.2) is 18.2 Å². The van der Waals surface area contributed by atoms with E-state index in [0.717, 1.165) is 44.2 Å². The van der Waals surface area contributed by atoms with Gasteiger partial charge in [-0.1, -0.05) is 65.2 Å². The fraction of sp³-hybridized carbons (Fsp3) is 0.778. The highest BCUT2D eigenvalue weighted by Crippen LogP contribution is 2.37. The molecule has 204 valence electrons. The van der Waals surface area contributed by atoms with Gasteiger partial charge in [-0.25, -0.2) is 0 Å². The van der Waals surface area contributed by atoms with Crippen LogP contribution in [0, 0.1) is 5.92 Å². The van der Waals surface area contributed by atoms with Crippen molar-refractivity contribution >= 4 is 0 Å². The average Bonchev–Trinajstić information content (AvgIpc) is 2.80. The molecule has 0 radical (unpaired) electrons. The predicted octanol–water partition coefficient (Wildman–Crippen LogP) is 9.59. The normalized spacial score (nSPS) is 13.9. The van der Waals surface area contributed by atoms with E-state index in [2.05, 4.69) is 6.92 Å². The first-order valence-electron chi connectivity index (χ1n) is 12.8. The van der Waals surface area contributed by atoms with Gasteiger partial charge >= 0.3 is 12.4 Å². The maximum atomic E-state index is 13.1. The van der Waals surface area contributed by atoms with E-state index < -0.39 is 29.3 Å². The minimum Gasteiger partial charge on any atom is -0.353 e. The quantitative estimate of drug-likeness (QED) is 0.118. The van der Waals surface area contributed by atoms with Crippen molar-refractivity contribution in [1.82, 2.24) is 0 Å². The summed E-state index contributed by atoms with van der Waals surface area (Å²) >= 11 is 0. The number of halogens is 6. The number of methoxy groups -OCH3 is 2. The number of alkyl halides is 6. The van der Waals surface area contributed by atoms with E-state index >= 15 is 0 Å². The summed E-state index contributed by atoms with van der Waals surface area (Å²) in [6, 6.07) is 1.83. The summed E-state index contributed by atoms with van der Waals surface area (Å²) in [7, 11) is 3.29. The van der Waals surface area contributed by atoms with Crippen LogP contribution < -0.4 is 0 Å². The average molecular weight is 513 g/mol. The molecule has 0 saturated heterocycles. The molecule has 0 spiro atoms. The van der Waals surface area contributed by atoms with Gasteiger partial charge < -0.3 is 9.47 Å². The Morgan fingerprint density at radius 3 is 1.54 bits per heavy atom. The van der Waals surface area contributed by atoms with Gasteiger partial charge in [0.25, 0.3) is 0 Å². The van der Waals surface area contributed by atoms with E-state index in [-0.39, 0.29) is 24.0 Å². The molecule has 0 fully saturated rings. The molecule has 1 unspecified atom stereocenters. The third kappa shape index (κ3) is 10.7. The Labute approximate surface area is 206 Å². The Balaban J connectivity index is 2.71. The van der Waals surface area contributed by atoms with Crippen molar-refractivity contribution in [3.05, 3.63) is 34.9 Å². The molecule has 1 aromatic carbocycles. The fourth-order valence-electron chi connectivity index (χ4n) is 4.81. The lowest BCUT2D eigenvalue weighted by Crippen LogP contribution is -2.41. The number of aryl methyl sites for hydroxylation is 1. The Morgan fingerprint density at radius 1 is 0.657 bits per heavy atom. The van der Waals surface area contributed by atoms with Crippen LogP contribution in [-0.2, 0) is 28.2 Å². The molecule has 0 N–H and O–H groups in total. The van der Waals surface area contributed by atoms with Crippen molar-refractivity contribution < 1.29 is 35.8 Å². The molecule has 1 aromatic rings. The van der Waals surface area contributed by atoms with Crippen molar-refractivity contribution in [3.8, 4) is 0 Å². The lowest BCUT2D eigenvalue weighted by atomic mass is 9.85. The lowest BCUT2D eigenvalue weighted by molar-refractivity contribution is -0.244. The van der Waals surface area contributed by atoms with E-state index in [1.165, 1.54) is 25.7 Å². The van der Waals surface area contributed by atoms with Crippen LogP contribution in [0.2, 0.25) is 0 Å². The minimum absolute atomic E-state index is 0.0625. The SMILES string of the molecule is CCCCCCCCC(CCCCCc1cc(C(F)(F)F)cc(C(F)(F)F)c1)C(CC)(OC)OC. The number of ether oxygens (including phenoxy) is 2. The van der Waals surface area contributed by atoms with Crippen LogP contribution in [-0.4, -0.2) is 20.0 Å². The third-order valence-electron chi connectivity index (χ3n) is 6.88. The molecule has 2 nitrogen and oxygen atoms in total. The first-order chi connectivity index (χ1) is 16.4. The highest BCUT2D eigenvalue weighted by atomic mass is 19.4. The van der Waals surface area contributed by atoms with Gasteiger partial charge in [-0.15, -0.1) is 0 Å². The standard InChI is InChI=1S/C27H42F6O2/c1-5-7-8-9-10-13-16-22(25(6-2,34-3)35-4)17-14-11-12-15-21-18-23(26(28,29)30)20-24(19-21)27(31,32)33/h18-20,22H,5-17H2,1-4H3. The van der Waals surface area contributed by atoms with Crippen molar-refractivity contribution in [2.24, 2.45) is 5.92 Å². The van der Waals surface area contributed by atoms with Crippen LogP contribution in [0.25, 0.3) is 0 Å². The van der Waals surface area contributed by atoms with Gasteiger partial charge in [0.1, 0.15) is 0 Å². The van der Waals surface area contributed by atoms with Gasteiger partial charge in [0.05, 0.1) is 11.1 Å². The zero-order chi connectivity index (χ0) is 26.5. The second-order valence-electron chi connectivity index (χ2n) is 9.34.